The van der Waals surface area contributed by atoms with E-state index in [1.807, 2.05) is 52.4 Å². The van der Waals surface area contributed by atoms with Gasteiger partial charge in [-0.15, -0.1) is 5.10 Å². The van der Waals surface area contributed by atoms with Gasteiger partial charge in [0.15, 0.2) is 5.82 Å². The van der Waals surface area contributed by atoms with Gasteiger partial charge in [0.05, 0.1) is 47.0 Å². The Balaban J connectivity index is 1.05. The van der Waals surface area contributed by atoms with Gasteiger partial charge in [-0.1, -0.05) is 59.6 Å². The van der Waals surface area contributed by atoms with Crippen molar-refractivity contribution >= 4 is 41.0 Å². The number of methoxy groups -OCH3 is 1. The van der Waals surface area contributed by atoms with Crippen molar-refractivity contribution in [2.45, 2.75) is 50.4 Å². The van der Waals surface area contributed by atoms with Gasteiger partial charge in [0.2, 0.25) is 5.91 Å². The van der Waals surface area contributed by atoms with Crippen LogP contribution in [0.25, 0.3) is 5.69 Å². The van der Waals surface area contributed by atoms with Crippen LogP contribution >= 0.6 is 23.2 Å². The first kappa shape index (κ1) is 41.6. The van der Waals surface area contributed by atoms with Gasteiger partial charge in [-0.2, -0.15) is 4.68 Å². The molecule has 0 saturated carbocycles. The Morgan fingerprint density at radius 3 is 2.28 bits per heavy atom. The number of benzene rings is 3. The molecule has 308 valence electrons. The Hall–Kier alpha value is -4.60. The second-order valence-electron chi connectivity index (χ2n) is 15.5. The van der Waals surface area contributed by atoms with Crippen molar-refractivity contribution in [2.75, 3.05) is 79.2 Å². The van der Waals surface area contributed by atoms with Crippen LogP contribution in [0.15, 0.2) is 66.7 Å². The van der Waals surface area contributed by atoms with Crippen LogP contribution in [0.4, 0.5) is 0 Å². The molecule has 1 atom stereocenters. The average Bonchev–Trinajstić information content (AvgIpc) is 3.89. The summed E-state index contributed by atoms with van der Waals surface area (Å²) < 4.78 is 12.4. The highest BCUT2D eigenvalue weighted by atomic mass is 35.5. The molecule has 58 heavy (non-hydrogen) atoms. The average molecular weight is 833 g/mol. The van der Waals surface area contributed by atoms with Crippen LogP contribution in [0.1, 0.15) is 59.9 Å². The van der Waals surface area contributed by atoms with Crippen molar-refractivity contribution in [1.82, 2.24) is 45.3 Å². The molecule has 3 aliphatic rings. The molecule has 0 spiro atoms. The second kappa shape index (κ2) is 18.1. The number of nitrogens with one attached hydrogen (secondary N) is 1. The van der Waals surface area contributed by atoms with Gasteiger partial charge in [0.25, 0.3) is 5.91 Å². The lowest BCUT2D eigenvalue weighted by molar-refractivity contribution is -0.145. The van der Waals surface area contributed by atoms with Crippen LogP contribution < -0.4 is 10.2 Å². The van der Waals surface area contributed by atoms with Gasteiger partial charge < -0.3 is 19.3 Å². The van der Waals surface area contributed by atoms with Crippen LogP contribution in [0, 0.1) is 6.92 Å². The number of nitrogens with zero attached hydrogens (tertiary/aromatic N) is 8. The highest BCUT2D eigenvalue weighted by molar-refractivity contribution is 6.42. The summed E-state index contributed by atoms with van der Waals surface area (Å²) in [5.74, 6) is 0.718. The number of carbonyl (C=O) groups excluding carboxylic acids is 3. The molecule has 4 aromatic rings. The van der Waals surface area contributed by atoms with Gasteiger partial charge in [-0.3, -0.25) is 24.7 Å². The van der Waals surface area contributed by atoms with E-state index < -0.39 is 5.41 Å². The third-order valence-electron chi connectivity index (χ3n) is 12.1. The van der Waals surface area contributed by atoms with Gasteiger partial charge >= 0.3 is 5.97 Å². The monoisotopic (exact) mass is 831 g/mol. The van der Waals surface area contributed by atoms with E-state index in [2.05, 4.69) is 42.9 Å². The maximum Gasteiger partial charge on any atom is 0.320 e. The fourth-order valence-electron chi connectivity index (χ4n) is 8.68. The summed E-state index contributed by atoms with van der Waals surface area (Å²) in [6.45, 7) is 10.1. The number of hydrogen-bond donors (Lipinski definition) is 1. The van der Waals surface area contributed by atoms with Crippen LogP contribution in [0.2, 0.25) is 10.0 Å². The van der Waals surface area contributed by atoms with Crippen molar-refractivity contribution in [3.8, 4) is 11.4 Å². The lowest BCUT2D eigenvalue weighted by Gasteiger charge is -2.43. The number of carbonyl (C=O) groups is 3. The Morgan fingerprint density at radius 1 is 0.845 bits per heavy atom. The summed E-state index contributed by atoms with van der Waals surface area (Å²) in [5.41, 5.74) is 5.34. The second-order valence-corrected chi connectivity index (χ2v) is 16.3. The fraction of sp³-hybridized carbons (Fsp3) is 0.476. The van der Waals surface area contributed by atoms with Gasteiger partial charge in [0.1, 0.15) is 5.75 Å². The van der Waals surface area contributed by atoms with Crippen molar-refractivity contribution in [3.05, 3.63) is 99.3 Å². The fourth-order valence-corrected chi connectivity index (χ4v) is 8.98. The van der Waals surface area contributed by atoms with Crippen molar-refractivity contribution < 1.29 is 23.9 Å². The predicted molar refractivity (Wildman–Crippen MR) is 220 cm³/mol. The molecule has 3 saturated heterocycles. The smallest absolute Gasteiger partial charge is 0.320 e. The minimum absolute atomic E-state index is 0.00385. The molecule has 1 N–H and O–H groups in total. The molecule has 0 aliphatic carbocycles. The molecule has 0 radical (unpaired) electrons. The van der Waals surface area contributed by atoms with E-state index in [4.69, 9.17) is 32.7 Å². The molecule has 16 heteroatoms. The van der Waals surface area contributed by atoms with E-state index in [9.17, 15) is 14.4 Å². The number of piperidine rings is 1. The number of likely N-dealkylation sites (tertiary alicyclic amines) is 2. The first-order chi connectivity index (χ1) is 28.0. The number of piperazine rings is 1. The molecule has 3 aromatic carbocycles. The molecule has 3 aliphatic heterocycles. The maximum atomic E-state index is 14.3. The highest BCUT2D eigenvalue weighted by Crippen LogP contribution is 2.42. The number of esters is 1. The number of tetrazole rings is 1. The normalized spacial score (nSPS) is 20.2. The number of ether oxygens (including phenoxy) is 2. The van der Waals surface area contributed by atoms with Crippen molar-refractivity contribution in [3.63, 3.8) is 0 Å². The van der Waals surface area contributed by atoms with Crippen molar-refractivity contribution in [2.24, 2.45) is 0 Å². The minimum atomic E-state index is -0.688. The molecule has 3 fully saturated rings. The number of amides is 2. The van der Waals surface area contributed by atoms with Gasteiger partial charge in [0, 0.05) is 44.7 Å². The Morgan fingerprint density at radius 2 is 1.60 bits per heavy atom. The van der Waals surface area contributed by atoms with Crippen LogP contribution in [-0.4, -0.2) is 137 Å². The zero-order valence-corrected chi connectivity index (χ0v) is 34.8. The topological polar surface area (TPSA) is 138 Å². The zero-order chi connectivity index (χ0) is 40.9. The van der Waals surface area contributed by atoms with E-state index in [1.165, 1.54) is 0 Å². The molecule has 1 aromatic heterocycles. The number of aryl methyl sites for hydroxylation is 1. The lowest BCUT2D eigenvalue weighted by atomic mass is 9.71. The van der Waals surface area contributed by atoms with E-state index in [-0.39, 0.29) is 29.7 Å². The third kappa shape index (κ3) is 8.86. The highest BCUT2D eigenvalue weighted by Gasteiger charge is 2.46. The predicted octanol–water partition coefficient (Wildman–Crippen LogP) is 4.71. The number of halogens is 2. The summed E-state index contributed by atoms with van der Waals surface area (Å²) in [4.78, 5) is 47.1. The van der Waals surface area contributed by atoms with Gasteiger partial charge in [-0.05, 0) is 111 Å². The number of rotatable bonds is 13. The number of hydrogen-bond acceptors (Lipinski definition) is 11. The van der Waals surface area contributed by atoms with Crippen LogP contribution in [0.5, 0.6) is 5.75 Å². The Bertz CT molecular complexity index is 2090. The summed E-state index contributed by atoms with van der Waals surface area (Å²) in [7, 11) is 1.56. The van der Waals surface area contributed by atoms with E-state index in [0.29, 0.717) is 91.6 Å². The summed E-state index contributed by atoms with van der Waals surface area (Å²) in [6, 6.07) is 21.3. The zero-order valence-electron chi connectivity index (χ0n) is 33.3. The SMILES string of the molecule is CCOC(=O)CN1CCN(NC(=O)C2(c3ccccc3)CCN(CCC3(c4ccc(Cl)c(Cl)c4)CCN(C(=O)c4cc(-n5nnnc5C)ccc4OC)C3)CC2)CC1. The number of aromatic nitrogens is 4. The van der Waals surface area contributed by atoms with Gasteiger partial charge in [-0.25, -0.2) is 5.01 Å². The molecule has 1 unspecified atom stereocenters. The molecule has 4 heterocycles. The van der Waals surface area contributed by atoms with Crippen LogP contribution in [0.3, 0.4) is 0 Å². The Kier molecular flexibility index (Phi) is 13.0. The first-order valence-corrected chi connectivity index (χ1v) is 20.7. The summed E-state index contributed by atoms with van der Waals surface area (Å²) in [5, 5.41) is 14.8. The Labute approximate surface area is 349 Å². The standard InChI is InChI=1S/C42H51Cl2N9O5/c1-4-58-38(54)28-50-22-24-52(25-23-50)46-40(56)42(31-8-6-5-7-9-31)16-19-49(20-17-42)18-14-41(32-10-12-35(43)36(44)26-32)15-21-51(29-41)39(55)34-27-33(11-13-37(34)57-3)53-30(2)45-47-48-53/h5-13,26-27H,4,14-25,28-29H2,1-3H3,(H,46,56). The van der Waals surface area contributed by atoms with E-state index >= 15 is 0 Å². The summed E-state index contributed by atoms with van der Waals surface area (Å²) >= 11 is 13.0. The van der Waals surface area contributed by atoms with E-state index in [1.54, 1.807) is 37.8 Å². The molecular weight excluding hydrogens is 781 g/mol. The lowest BCUT2D eigenvalue weighted by Crippen LogP contribution is -2.59. The van der Waals surface area contributed by atoms with Crippen LogP contribution in [-0.2, 0) is 25.2 Å². The first-order valence-electron chi connectivity index (χ1n) is 19.9. The largest absolute Gasteiger partial charge is 0.496 e. The molecule has 7 rings (SSSR count). The quantitative estimate of drug-likeness (QED) is 0.188. The molecular formula is C42H51Cl2N9O5. The third-order valence-corrected chi connectivity index (χ3v) is 12.9. The summed E-state index contributed by atoms with van der Waals surface area (Å²) in [6.07, 6.45) is 2.83. The molecule has 2 amide bonds. The minimum Gasteiger partial charge on any atom is -0.496 e. The molecule has 14 nitrogen and oxygen atoms in total. The molecule has 0 bridgehead atoms. The van der Waals surface area contributed by atoms with E-state index in [0.717, 1.165) is 43.6 Å². The number of hydrazine groups is 1. The maximum absolute atomic E-state index is 14.3. The van der Waals surface area contributed by atoms with Crippen molar-refractivity contribution in [1.29, 1.82) is 0 Å².